The predicted octanol–water partition coefficient (Wildman–Crippen LogP) is 2.58. The zero-order valence-corrected chi connectivity index (χ0v) is 11.8. The molecule has 0 amide bonds. The zero-order valence-electron chi connectivity index (χ0n) is 11.0. The van der Waals surface area contributed by atoms with Gasteiger partial charge in [-0.3, -0.25) is 0 Å². The zero-order chi connectivity index (χ0) is 13.9. The van der Waals surface area contributed by atoms with Gasteiger partial charge in [-0.2, -0.15) is 4.68 Å². The molecule has 2 aromatic heterocycles. The number of hydrogen-bond acceptors (Lipinski definition) is 4. The maximum absolute atomic E-state index is 6.16. The molecule has 0 saturated carbocycles. The molecule has 0 bridgehead atoms. The minimum Gasteiger partial charge on any atom is -0.313 e. The summed E-state index contributed by atoms with van der Waals surface area (Å²) in [4.78, 5) is 4.34. The summed E-state index contributed by atoms with van der Waals surface area (Å²) in [5, 5.41) is 12.2. The van der Waals surface area contributed by atoms with Gasteiger partial charge in [0.1, 0.15) is 5.52 Å². The van der Waals surface area contributed by atoms with Crippen LogP contribution in [0, 0.1) is 0 Å². The van der Waals surface area contributed by atoms with Gasteiger partial charge in [0, 0.05) is 12.7 Å². The van der Waals surface area contributed by atoms with E-state index in [1.807, 2.05) is 30.3 Å². The Labute approximate surface area is 121 Å². The molecule has 0 aliphatic carbocycles. The summed E-state index contributed by atoms with van der Waals surface area (Å²) in [6, 6.07) is 9.72. The summed E-state index contributed by atoms with van der Waals surface area (Å²) in [6.45, 7) is 3.65. The highest BCUT2D eigenvalue weighted by atomic mass is 35.5. The molecule has 3 aromatic rings. The standard InChI is InChI=1S/C14H14ClN5/c1-2-16-8-10-7-14(17-9-11(10)15)20-13-6-4-3-5-12(13)18-19-20/h3-7,9,16H,2,8H2,1H3. The van der Waals surface area contributed by atoms with Crippen molar-refractivity contribution in [3.05, 3.63) is 47.1 Å². The van der Waals surface area contributed by atoms with Crippen molar-refractivity contribution in [2.45, 2.75) is 13.5 Å². The second kappa shape index (κ2) is 5.56. The fourth-order valence-corrected chi connectivity index (χ4v) is 2.19. The van der Waals surface area contributed by atoms with Gasteiger partial charge in [0.2, 0.25) is 0 Å². The van der Waals surface area contributed by atoms with E-state index in [-0.39, 0.29) is 0 Å². The van der Waals surface area contributed by atoms with Crippen molar-refractivity contribution < 1.29 is 0 Å². The second-order valence-corrected chi connectivity index (χ2v) is 4.81. The number of rotatable bonds is 4. The van der Waals surface area contributed by atoms with Gasteiger partial charge in [0.25, 0.3) is 0 Å². The highest BCUT2D eigenvalue weighted by molar-refractivity contribution is 6.31. The fraction of sp³-hybridized carbons (Fsp3) is 0.214. The molecule has 3 rings (SSSR count). The second-order valence-electron chi connectivity index (χ2n) is 4.40. The Kier molecular flexibility index (Phi) is 3.62. The van der Waals surface area contributed by atoms with E-state index in [2.05, 4.69) is 27.5 Å². The number of pyridine rings is 1. The molecule has 102 valence electrons. The third kappa shape index (κ3) is 2.37. The van der Waals surface area contributed by atoms with Crippen molar-refractivity contribution in [2.24, 2.45) is 0 Å². The van der Waals surface area contributed by atoms with Crippen LogP contribution in [0.15, 0.2) is 36.5 Å². The number of fused-ring (bicyclic) bond motifs is 1. The fourth-order valence-electron chi connectivity index (χ4n) is 2.02. The summed E-state index contributed by atoms with van der Waals surface area (Å²) in [7, 11) is 0. The van der Waals surface area contributed by atoms with E-state index in [0.717, 1.165) is 29.0 Å². The number of halogens is 1. The summed E-state index contributed by atoms with van der Waals surface area (Å²) in [5.74, 6) is 0.719. The highest BCUT2D eigenvalue weighted by Gasteiger charge is 2.09. The molecule has 0 unspecified atom stereocenters. The van der Waals surface area contributed by atoms with Crippen molar-refractivity contribution in [1.29, 1.82) is 0 Å². The largest absolute Gasteiger partial charge is 0.313 e. The molecule has 1 aromatic carbocycles. The molecule has 0 saturated heterocycles. The van der Waals surface area contributed by atoms with Gasteiger partial charge < -0.3 is 5.32 Å². The first-order valence-electron chi connectivity index (χ1n) is 6.45. The monoisotopic (exact) mass is 287 g/mol. The molecule has 0 spiro atoms. The summed E-state index contributed by atoms with van der Waals surface area (Å²) < 4.78 is 1.72. The van der Waals surface area contributed by atoms with Crippen molar-refractivity contribution in [2.75, 3.05) is 6.54 Å². The highest BCUT2D eigenvalue weighted by Crippen LogP contribution is 2.19. The first kappa shape index (κ1) is 13.0. The quantitative estimate of drug-likeness (QED) is 0.801. The Morgan fingerprint density at radius 2 is 2.15 bits per heavy atom. The maximum atomic E-state index is 6.16. The van der Waals surface area contributed by atoms with E-state index in [4.69, 9.17) is 11.6 Å². The number of aromatic nitrogens is 4. The van der Waals surface area contributed by atoms with Gasteiger partial charge in [-0.15, -0.1) is 5.10 Å². The third-order valence-corrected chi connectivity index (χ3v) is 3.39. The number of nitrogens with one attached hydrogen (secondary N) is 1. The minimum atomic E-state index is 0.652. The van der Waals surface area contributed by atoms with Crippen molar-refractivity contribution in [1.82, 2.24) is 25.3 Å². The van der Waals surface area contributed by atoms with Crippen LogP contribution in [-0.4, -0.2) is 26.5 Å². The molecule has 5 nitrogen and oxygen atoms in total. The molecule has 2 heterocycles. The predicted molar refractivity (Wildman–Crippen MR) is 79.1 cm³/mol. The van der Waals surface area contributed by atoms with Crippen LogP contribution in [0.25, 0.3) is 16.9 Å². The van der Waals surface area contributed by atoms with E-state index >= 15 is 0 Å². The average molecular weight is 288 g/mol. The Hall–Kier alpha value is -1.98. The average Bonchev–Trinajstić information content (AvgIpc) is 2.90. The van der Waals surface area contributed by atoms with Gasteiger partial charge in [-0.05, 0) is 30.3 Å². The van der Waals surface area contributed by atoms with Crippen LogP contribution in [0.1, 0.15) is 12.5 Å². The van der Waals surface area contributed by atoms with Crippen molar-refractivity contribution >= 4 is 22.6 Å². The van der Waals surface area contributed by atoms with E-state index in [0.29, 0.717) is 11.6 Å². The summed E-state index contributed by atoms with van der Waals surface area (Å²) in [5.41, 5.74) is 2.77. The van der Waals surface area contributed by atoms with E-state index < -0.39 is 0 Å². The van der Waals surface area contributed by atoms with Crippen molar-refractivity contribution in [3.63, 3.8) is 0 Å². The topological polar surface area (TPSA) is 55.6 Å². The molecule has 0 aliphatic rings. The maximum Gasteiger partial charge on any atom is 0.156 e. The van der Waals surface area contributed by atoms with E-state index in [1.54, 1.807) is 10.9 Å². The first-order chi connectivity index (χ1) is 9.79. The van der Waals surface area contributed by atoms with Gasteiger partial charge in [-0.1, -0.05) is 35.9 Å². The molecule has 0 atom stereocenters. The van der Waals surface area contributed by atoms with Gasteiger partial charge in [0.05, 0.1) is 10.5 Å². The molecule has 0 fully saturated rings. The van der Waals surface area contributed by atoms with Crippen LogP contribution in [0.3, 0.4) is 0 Å². The summed E-state index contributed by atoms with van der Waals surface area (Å²) in [6.07, 6.45) is 1.65. The Bertz CT molecular complexity index is 737. The number of para-hydroxylation sites is 1. The van der Waals surface area contributed by atoms with Crippen molar-refractivity contribution in [3.8, 4) is 5.82 Å². The molecule has 1 N–H and O–H groups in total. The van der Waals surface area contributed by atoms with Crippen LogP contribution >= 0.6 is 11.6 Å². The Morgan fingerprint density at radius 3 is 3.00 bits per heavy atom. The molecular weight excluding hydrogens is 274 g/mol. The van der Waals surface area contributed by atoms with Crippen LogP contribution in [-0.2, 0) is 6.54 Å². The molecule has 0 radical (unpaired) electrons. The van der Waals surface area contributed by atoms with Crippen LogP contribution < -0.4 is 5.32 Å². The van der Waals surface area contributed by atoms with Gasteiger partial charge in [-0.25, -0.2) is 4.98 Å². The van der Waals surface area contributed by atoms with E-state index in [9.17, 15) is 0 Å². The molecule has 0 aliphatic heterocycles. The SMILES string of the molecule is CCNCc1cc(-n2nnc3ccccc32)ncc1Cl. The van der Waals surface area contributed by atoms with Crippen LogP contribution in [0.4, 0.5) is 0 Å². The lowest BCUT2D eigenvalue weighted by Crippen LogP contribution is -2.13. The third-order valence-electron chi connectivity index (χ3n) is 3.05. The number of hydrogen-bond donors (Lipinski definition) is 1. The molecule has 20 heavy (non-hydrogen) atoms. The smallest absolute Gasteiger partial charge is 0.156 e. The van der Waals surface area contributed by atoms with E-state index in [1.165, 1.54) is 0 Å². The lowest BCUT2D eigenvalue weighted by atomic mass is 10.2. The Balaban J connectivity index is 2.05. The molecular formula is C14H14ClN5. The van der Waals surface area contributed by atoms with Crippen LogP contribution in [0.2, 0.25) is 5.02 Å². The number of benzene rings is 1. The molecule has 6 heteroatoms. The minimum absolute atomic E-state index is 0.652. The van der Waals surface area contributed by atoms with Gasteiger partial charge >= 0.3 is 0 Å². The first-order valence-corrected chi connectivity index (χ1v) is 6.83. The Morgan fingerprint density at radius 1 is 1.30 bits per heavy atom. The number of nitrogens with zero attached hydrogens (tertiary/aromatic N) is 4. The summed E-state index contributed by atoms with van der Waals surface area (Å²) >= 11 is 6.16. The lowest BCUT2D eigenvalue weighted by Gasteiger charge is -2.07. The van der Waals surface area contributed by atoms with Crippen LogP contribution in [0.5, 0.6) is 0 Å². The lowest BCUT2D eigenvalue weighted by molar-refractivity contribution is 0.722. The normalized spacial score (nSPS) is 11.1. The van der Waals surface area contributed by atoms with Gasteiger partial charge in [0.15, 0.2) is 5.82 Å².